The van der Waals surface area contributed by atoms with Crippen LogP contribution in [-0.2, 0) is 9.53 Å². The average Bonchev–Trinajstić information content (AvgIpc) is 3.11. The van der Waals surface area contributed by atoms with Gasteiger partial charge in [0.2, 0.25) is 0 Å². The molecule has 0 aliphatic heterocycles. The second-order valence-electron chi connectivity index (χ2n) is 6.04. The first-order valence-corrected chi connectivity index (χ1v) is 8.42. The normalized spacial score (nSPS) is 15.6. The molecule has 1 aromatic rings. The van der Waals surface area contributed by atoms with E-state index in [0.717, 1.165) is 25.7 Å². The number of hydrogen-bond donors (Lipinski definition) is 2. The van der Waals surface area contributed by atoms with Gasteiger partial charge >= 0.3 is 5.97 Å². The highest BCUT2D eigenvalue weighted by atomic mass is 16.5. The van der Waals surface area contributed by atoms with Gasteiger partial charge in [-0.15, -0.1) is 0 Å². The standard InChI is InChI=1S/C18H25NO6/c1-23-10-9-14(18(21)22)19-17(20)12-7-8-15(24-2)16(11-12)25-13-5-3-4-6-13/h7-8,11,13-14H,3-6,9-10H2,1-2H3,(H,19,20)(H,21,22). The van der Waals surface area contributed by atoms with Crippen LogP contribution in [0.2, 0.25) is 0 Å². The van der Waals surface area contributed by atoms with Crippen molar-refractivity contribution in [3.05, 3.63) is 23.8 Å². The molecule has 7 nitrogen and oxygen atoms in total. The number of aliphatic carboxylic acids is 1. The Bertz CT molecular complexity index is 597. The minimum absolute atomic E-state index is 0.126. The minimum atomic E-state index is -1.10. The first-order valence-electron chi connectivity index (χ1n) is 8.42. The average molecular weight is 351 g/mol. The Labute approximate surface area is 147 Å². The Balaban J connectivity index is 2.11. The lowest BCUT2D eigenvalue weighted by atomic mass is 10.1. The second-order valence-corrected chi connectivity index (χ2v) is 6.04. The van der Waals surface area contributed by atoms with E-state index in [4.69, 9.17) is 14.2 Å². The molecule has 1 saturated carbocycles. The van der Waals surface area contributed by atoms with Gasteiger partial charge in [-0.3, -0.25) is 4.79 Å². The highest BCUT2D eigenvalue weighted by Crippen LogP contribution is 2.32. The topological polar surface area (TPSA) is 94.1 Å². The minimum Gasteiger partial charge on any atom is -0.493 e. The lowest BCUT2D eigenvalue weighted by molar-refractivity contribution is -0.139. The molecule has 1 amide bonds. The van der Waals surface area contributed by atoms with Gasteiger partial charge in [0.05, 0.1) is 13.2 Å². The monoisotopic (exact) mass is 351 g/mol. The zero-order valence-electron chi connectivity index (χ0n) is 14.6. The molecule has 0 radical (unpaired) electrons. The van der Waals surface area contributed by atoms with Crippen LogP contribution in [0.15, 0.2) is 18.2 Å². The van der Waals surface area contributed by atoms with Crippen molar-refractivity contribution in [2.75, 3.05) is 20.8 Å². The first kappa shape index (κ1) is 19.1. The van der Waals surface area contributed by atoms with E-state index in [0.29, 0.717) is 17.1 Å². The first-order chi connectivity index (χ1) is 12.0. The summed E-state index contributed by atoms with van der Waals surface area (Å²) in [5.74, 6) is -0.507. The van der Waals surface area contributed by atoms with E-state index in [9.17, 15) is 14.7 Å². The summed E-state index contributed by atoms with van der Waals surface area (Å²) in [6.07, 6.45) is 4.55. The molecule has 0 bridgehead atoms. The molecular formula is C18H25NO6. The molecule has 1 fully saturated rings. The number of amides is 1. The molecule has 1 aromatic carbocycles. The summed E-state index contributed by atoms with van der Waals surface area (Å²) >= 11 is 0. The third kappa shape index (κ3) is 5.35. The van der Waals surface area contributed by atoms with E-state index in [1.165, 1.54) is 7.11 Å². The molecule has 0 aromatic heterocycles. The number of methoxy groups -OCH3 is 2. The van der Waals surface area contributed by atoms with Crippen molar-refractivity contribution in [2.24, 2.45) is 0 Å². The van der Waals surface area contributed by atoms with Crippen LogP contribution in [0.25, 0.3) is 0 Å². The SMILES string of the molecule is COCCC(NC(=O)c1ccc(OC)c(OC2CCCC2)c1)C(=O)O. The van der Waals surface area contributed by atoms with Crippen molar-refractivity contribution in [3.63, 3.8) is 0 Å². The number of rotatable bonds is 9. The van der Waals surface area contributed by atoms with E-state index in [1.807, 2.05) is 0 Å². The second kappa shape index (κ2) is 9.27. The summed E-state index contributed by atoms with van der Waals surface area (Å²) in [5.41, 5.74) is 0.331. The molecule has 2 N–H and O–H groups in total. The number of ether oxygens (including phenoxy) is 3. The summed E-state index contributed by atoms with van der Waals surface area (Å²) in [7, 11) is 3.03. The Morgan fingerprint density at radius 3 is 2.56 bits per heavy atom. The number of carbonyl (C=O) groups excluding carboxylic acids is 1. The Morgan fingerprint density at radius 2 is 1.96 bits per heavy atom. The van der Waals surface area contributed by atoms with Gasteiger partial charge in [-0.05, 0) is 43.9 Å². The van der Waals surface area contributed by atoms with Crippen molar-refractivity contribution >= 4 is 11.9 Å². The summed E-state index contributed by atoms with van der Waals surface area (Å²) in [6.45, 7) is 0.246. The number of benzene rings is 1. The summed E-state index contributed by atoms with van der Waals surface area (Å²) in [4.78, 5) is 23.7. The van der Waals surface area contributed by atoms with Crippen molar-refractivity contribution in [2.45, 2.75) is 44.2 Å². The molecule has 0 heterocycles. The quantitative estimate of drug-likeness (QED) is 0.709. The number of hydrogen-bond acceptors (Lipinski definition) is 5. The maximum atomic E-state index is 12.4. The zero-order chi connectivity index (χ0) is 18.2. The van der Waals surface area contributed by atoms with Crippen LogP contribution in [-0.4, -0.2) is 50.0 Å². The van der Waals surface area contributed by atoms with Gasteiger partial charge in [0.25, 0.3) is 5.91 Å². The van der Waals surface area contributed by atoms with E-state index < -0.39 is 17.9 Å². The molecule has 7 heteroatoms. The van der Waals surface area contributed by atoms with Crippen LogP contribution in [0, 0.1) is 0 Å². The van der Waals surface area contributed by atoms with E-state index in [1.54, 1.807) is 25.3 Å². The molecule has 1 atom stereocenters. The lowest BCUT2D eigenvalue weighted by Gasteiger charge is -2.18. The van der Waals surface area contributed by atoms with Gasteiger partial charge in [0, 0.05) is 25.7 Å². The van der Waals surface area contributed by atoms with Gasteiger partial charge in [-0.25, -0.2) is 4.79 Å². The largest absolute Gasteiger partial charge is 0.493 e. The number of carbonyl (C=O) groups is 2. The van der Waals surface area contributed by atoms with Gasteiger partial charge in [0.15, 0.2) is 11.5 Å². The number of carboxylic acid groups (broad SMARTS) is 1. The van der Waals surface area contributed by atoms with Gasteiger partial charge in [-0.2, -0.15) is 0 Å². The summed E-state index contributed by atoms with van der Waals surface area (Å²) in [6, 6.07) is 3.84. The van der Waals surface area contributed by atoms with Gasteiger partial charge in [0.1, 0.15) is 6.04 Å². The Morgan fingerprint density at radius 1 is 1.24 bits per heavy atom. The number of nitrogens with one attached hydrogen (secondary N) is 1. The molecule has 1 aliphatic rings. The molecule has 0 saturated heterocycles. The fraction of sp³-hybridized carbons (Fsp3) is 0.556. The highest BCUT2D eigenvalue weighted by Gasteiger charge is 2.22. The molecular weight excluding hydrogens is 326 g/mol. The summed E-state index contributed by atoms with van der Waals surface area (Å²) in [5, 5.41) is 11.7. The third-order valence-electron chi connectivity index (χ3n) is 4.24. The van der Waals surface area contributed by atoms with Crippen molar-refractivity contribution in [1.82, 2.24) is 5.32 Å². The van der Waals surface area contributed by atoms with E-state index in [-0.39, 0.29) is 19.1 Å². The summed E-state index contributed by atoms with van der Waals surface area (Å²) < 4.78 is 16.1. The van der Waals surface area contributed by atoms with Crippen LogP contribution in [0.4, 0.5) is 0 Å². The fourth-order valence-corrected chi connectivity index (χ4v) is 2.83. The lowest BCUT2D eigenvalue weighted by Crippen LogP contribution is -2.41. The van der Waals surface area contributed by atoms with Crippen LogP contribution < -0.4 is 14.8 Å². The Hall–Kier alpha value is -2.28. The van der Waals surface area contributed by atoms with Crippen LogP contribution in [0.3, 0.4) is 0 Å². The number of carboxylic acids is 1. The Kier molecular flexibility index (Phi) is 7.06. The van der Waals surface area contributed by atoms with Crippen LogP contribution in [0.1, 0.15) is 42.5 Å². The van der Waals surface area contributed by atoms with Crippen molar-refractivity contribution in [3.8, 4) is 11.5 Å². The third-order valence-corrected chi connectivity index (χ3v) is 4.24. The van der Waals surface area contributed by atoms with Crippen molar-refractivity contribution in [1.29, 1.82) is 0 Å². The fourth-order valence-electron chi connectivity index (χ4n) is 2.83. The highest BCUT2D eigenvalue weighted by molar-refractivity contribution is 5.97. The van der Waals surface area contributed by atoms with E-state index in [2.05, 4.69) is 5.32 Å². The molecule has 1 aliphatic carbocycles. The van der Waals surface area contributed by atoms with Gasteiger partial charge in [-0.1, -0.05) is 0 Å². The molecule has 2 rings (SSSR count). The molecule has 25 heavy (non-hydrogen) atoms. The predicted octanol–water partition coefficient (Wildman–Crippen LogP) is 2.24. The smallest absolute Gasteiger partial charge is 0.326 e. The van der Waals surface area contributed by atoms with Crippen molar-refractivity contribution < 1.29 is 28.9 Å². The van der Waals surface area contributed by atoms with E-state index >= 15 is 0 Å². The zero-order valence-corrected chi connectivity index (χ0v) is 14.6. The van der Waals surface area contributed by atoms with Gasteiger partial charge < -0.3 is 24.6 Å². The predicted molar refractivity (Wildman–Crippen MR) is 91.3 cm³/mol. The maximum absolute atomic E-state index is 12.4. The molecule has 0 spiro atoms. The molecule has 138 valence electrons. The molecule has 1 unspecified atom stereocenters. The van der Waals surface area contributed by atoms with Crippen LogP contribution in [0.5, 0.6) is 11.5 Å². The maximum Gasteiger partial charge on any atom is 0.326 e. The van der Waals surface area contributed by atoms with Crippen LogP contribution >= 0.6 is 0 Å².